The molecule has 0 unspecified atom stereocenters. The summed E-state index contributed by atoms with van der Waals surface area (Å²) >= 11 is 5.11. The second-order valence-corrected chi connectivity index (χ2v) is 3.83. The topological polar surface area (TPSA) is 37.8 Å². The highest BCUT2D eigenvalue weighted by atomic mass is 32.1. The molecule has 1 aromatic rings. The van der Waals surface area contributed by atoms with Crippen LogP contribution >= 0.6 is 12.2 Å². The van der Waals surface area contributed by atoms with E-state index in [1.165, 1.54) is 0 Å². The zero-order valence-electron chi connectivity index (χ0n) is 7.88. The van der Waals surface area contributed by atoms with Crippen molar-refractivity contribution < 1.29 is 0 Å². The first kappa shape index (κ1) is 9.40. The third-order valence-electron chi connectivity index (χ3n) is 2.54. The normalized spacial score (nSPS) is 14.0. The highest BCUT2D eigenvalue weighted by Crippen LogP contribution is 2.15. The fourth-order valence-electron chi connectivity index (χ4n) is 1.86. The lowest BCUT2D eigenvalue weighted by Gasteiger charge is -2.05. The minimum absolute atomic E-state index is 0.0566. The minimum atomic E-state index is 0.0566. The van der Waals surface area contributed by atoms with Gasteiger partial charge in [-0.15, -0.1) is 6.58 Å². The molecule has 1 N–H and O–H groups in total. The van der Waals surface area contributed by atoms with Crippen LogP contribution in [-0.2, 0) is 19.4 Å². The summed E-state index contributed by atoms with van der Waals surface area (Å²) < 4.78 is 2.07. The van der Waals surface area contributed by atoms with Crippen molar-refractivity contribution in [1.29, 1.82) is 0 Å². The van der Waals surface area contributed by atoms with Crippen LogP contribution in [0.2, 0.25) is 0 Å². The van der Waals surface area contributed by atoms with Crippen molar-refractivity contribution in [1.82, 2.24) is 9.55 Å². The first-order valence-corrected chi connectivity index (χ1v) is 5.10. The summed E-state index contributed by atoms with van der Waals surface area (Å²) in [5.41, 5.74) is 1.99. The Morgan fingerprint density at radius 2 is 2.36 bits per heavy atom. The van der Waals surface area contributed by atoms with Crippen molar-refractivity contribution in [2.24, 2.45) is 0 Å². The van der Waals surface area contributed by atoms with Gasteiger partial charge in [0.15, 0.2) is 4.77 Å². The van der Waals surface area contributed by atoms with E-state index in [0.29, 0.717) is 11.3 Å². The fraction of sp³-hybridized carbons (Fsp3) is 0.400. The minimum Gasteiger partial charge on any atom is -0.335 e. The number of aromatic nitrogens is 2. The van der Waals surface area contributed by atoms with Crippen LogP contribution in [0.3, 0.4) is 0 Å². The van der Waals surface area contributed by atoms with E-state index in [4.69, 9.17) is 12.2 Å². The molecule has 0 bridgehead atoms. The van der Waals surface area contributed by atoms with E-state index in [0.717, 1.165) is 30.5 Å². The van der Waals surface area contributed by atoms with Crippen LogP contribution in [-0.4, -0.2) is 9.55 Å². The predicted molar refractivity (Wildman–Crippen MR) is 58.1 cm³/mol. The molecule has 0 atom stereocenters. The lowest BCUT2D eigenvalue weighted by molar-refractivity contribution is 0.723. The predicted octanol–water partition coefficient (Wildman–Crippen LogP) is 1.58. The van der Waals surface area contributed by atoms with Crippen LogP contribution in [0.4, 0.5) is 0 Å². The molecular weight excluding hydrogens is 196 g/mol. The molecule has 1 aromatic heterocycles. The Labute approximate surface area is 87.1 Å². The summed E-state index contributed by atoms with van der Waals surface area (Å²) in [4.78, 5) is 15.0. The molecule has 0 saturated carbocycles. The molecular formula is C10H12N2OS. The molecule has 0 fully saturated rings. The van der Waals surface area contributed by atoms with E-state index in [-0.39, 0.29) is 5.56 Å². The number of allylic oxidation sites excluding steroid dienone is 1. The lowest BCUT2D eigenvalue weighted by atomic mass is 10.2. The fourth-order valence-corrected chi connectivity index (χ4v) is 2.14. The number of hydrogen-bond acceptors (Lipinski definition) is 2. The van der Waals surface area contributed by atoms with E-state index < -0.39 is 0 Å². The van der Waals surface area contributed by atoms with E-state index in [9.17, 15) is 4.79 Å². The second kappa shape index (κ2) is 3.53. The molecule has 0 spiro atoms. The van der Waals surface area contributed by atoms with Crippen molar-refractivity contribution in [2.75, 3.05) is 0 Å². The molecule has 74 valence electrons. The largest absolute Gasteiger partial charge is 0.335 e. The van der Waals surface area contributed by atoms with E-state index >= 15 is 0 Å². The van der Waals surface area contributed by atoms with Crippen LogP contribution in [0.5, 0.6) is 0 Å². The zero-order chi connectivity index (χ0) is 10.1. The molecule has 3 nitrogen and oxygen atoms in total. The summed E-state index contributed by atoms with van der Waals surface area (Å²) in [7, 11) is 0. The van der Waals surface area contributed by atoms with Crippen molar-refractivity contribution in [3.63, 3.8) is 0 Å². The number of hydrogen-bond donors (Lipinski definition) is 1. The van der Waals surface area contributed by atoms with Gasteiger partial charge in [0.25, 0.3) is 5.56 Å². The van der Waals surface area contributed by atoms with Gasteiger partial charge in [0, 0.05) is 17.8 Å². The monoisotopic (exact) mass is 208 g/mol. The summed E-state index contributed by atoms with van der Waals surface area (Å²) in [6.07, 6.45) is 4.56. The maximum Gasteiger partial charge on any atom is 0.258 e. The Morgan fingerprint density at radius 3 is 3.07 bits per heavy atom. The number of aryl methyl sites for hydroxylation is 1. The number of H-pyrrole nitrogens is 1. The molecule has 0 aromatic carbocycles. The van der Waals surface area contributed by atoms with Crippen LogP contribution in [0.25, 0.3) is 0 Å². The van der Waals surface area contributed by atoms with Gasteiger partial charge in [-0.25, -0.2) is 0 Å². The Hall–Kier alpha value is -1.16. The molecule has 4 heteroatoms. The molecule has 14 heavy (non-hydrogen) atoms. The van der Waals surface area contributed by atoms with E-state index in [1.807, 2.05) is 0 Å². The molecule has 1 heterocycles. The van der Waals surface area contributed by atoms with Crippen LogP contribution in [0.1, 0.15) is 17.7 Å². The van der Waals surface area contributed by atoms with Gasteiger partial charge >= 0.3 is 0 Å². The summed E-state index contributed by atoms with van der Waals surface area (Å²) in [5.74, 6) is 0. The zero-order valence-corrected chi connectivity index (χ0v) is 8.69. The average molecular weight is 208 g/mol. The Balaban J connectivity index is 2.69. The van der Waals surface area contributed by atoms with Crippen molar-refractivity contribution >= 4 is 12.2 Å². The van der Waals surface area contributed by atoms with Gasteiger partial charge in [-0.3, -0.25) is 9.36 Å². The molecule has 0 radical (unpaired) electrons. The summed E-state index contributed by atoms with van der Waals surface area (Å²) in [6.45, 7) is 4.10. The Kier molecular flexibility index (Phi) is 2.37. The number of fused-ring (bicyclic) bond motifs is 1. The first-order chi connectivity index (χ1) is 6.74. The number of nitrogens with one attached hydrogen (secondary N) is 1. The molecule has 0 saturated heterocycles. The van der Waals surface area contributed by atoms with Gasteiger partial charge in [-0.2, -0.15) is 0 Å². The second-order valence-electron chi connectivity index (χ2n) is 3.45. The standard InChI is InChI=1S/C10H12N2OS/c1-2-6-12-9(13)7-4-3-5-8(7)11-10(12)14/h2H,1,3-6H2,(H,11,14). The van der Waals surface area contributed by atoms with E-state index in [2.05, 4.69) is 11.6 Å². The lowest BCUT2D eigenvalue weighted by Crippen LogP contribution is -2.25. The molecule has 1 aliphatic carbocycles. The van der Waals surface area contributed by atoms with Crippen LogP contribution in [0.15, 0.2) is 17.4 Å². The summed E-state index contributed by atoms with van der Waals surface area (Å²) in [5, 5.41) is 0. The van der Waals surface area contributed by atoms with Gasteiger partial charge in [-0.05, 0) is 31.5 Å². The van der Waals surface area contributed by atoms with Gasteiger partial charge in [-0.1, -0.05) is 6.08 Å². The summed E-state index contributed by atoms with van der Waals surface area (Å²) in [6, 6.07) is 0. The third-order valence-corrected chi connectivity index (χ3v) is 2.86. The highest BCUT2D eigenvalue weighted by molar-refractivity contribution is 7.71. The number of aromatic amines is 1. The Morgan fingerprint density at radius 1 is 1.57 bits per heavy atom. The number of rotatable bonds is 2. The van der Waals surface area contributed by atoms with Crippen molar-refractivity contribution in [2.45, 2.75) is 25.8 Å². The van der Waals surface area contributed by atoms with Gasteiger partial charge < -0.3 is 4.98 Å². The SMILES string of the molecule is C=CCn1c(=S)[nH]c2c(c1=O)CCC2. The third kappa shape index (κ3) is 1.35. The van der Waals surface area contributed by atoms with Gasteiger partial charge in [0.2, 0.25) is 0 Å². The Bertz CT molecular complexity index is 484. The molecule has 0 amide bonds. The first-order valence-electron chi connectivity index (χ1n) is 4.70. The highest BCUT2D eigenvalue weighted by Gasteiger charge is 2.16. The van der Waals surface area contributed by atoms with Crippen molar-refractivity contribution in [3.05, 3.63) is 39.0 Å². The van der Waals surface area contributed by atoms with Crippen LogP contribution < -0.4 is 5.56 Å². The maximum atomic E-state index is 11.9. The van der Waals surface area contributed by atoms with Gasteiger partial charge in [0.05, 0.1) is 0 Å². The smallest absolute Gasteiger partial charge is 0.258 e. The molecule has 1 aliphatic rings. The van der Waals surface area contributed by atoms with E-state index in [1.54, 1.807) is 10.6 Å². The van der Waals surface area contributed by atoms with Crippen LogP contribution in [0, 0.1) is 4.77 Å². The number of nitrogens with zero attached hydrogens (tertiary/aromatic N) is 1. The quantitative estimate of drug-likeness (QED) is 0.592. The molecule has 0 aliphatic heterocycles. The maximum absolute atomic E-state index is 11.9. The van der Waals surface area contributed by atoms with Crippen molar-refractivity contribution in [3.8, 4) is 0 Å². The van der Waals surface area contributed by atoms with Gasteiger partial charge in [0.1, 0.15) is 0 Å². The molecule has 2 rings (SSSR count). The average Bonchev–Trinajstić information content (AvgIpc) is 2.60.